The summed E-state index contributed by atoms with van der Waals surface area (Å²) in [4.78, 5) is 38.2. The van der Waals surface area contributed by atoms with Crippen molar-refractivity contribution in [3.63, 3.8) is 0 Å². The molecule has 77 heavy (non-hydrogen) atoms. The summed E-state index contributed by atoms with van der Waals surface area (Å²) in [5.41, 5.74) is 0. The second-order valence-corrected chi connectivity index (χ2v) is 21.6. The fraction of sp³-hybridized carbons (Fsp3) is 0.732. The number of allylic oxidation sites excluding steroid dienone is 16. The SMILES string of the molecule is CC/C=C\C/C=C\C/C=C\C/C=C\C/C=C\C/C=C\CCCCCCCCCCCCCCCCCCC(=O)OCC(COC(=O)CCCCCCC/C=C\CCCCC)OC(=O)CCCCCCC/C=C\CCCCC. The Hall–Kier alpha value is -3.67. The van der Waals surface area contributed by atoms with Gasteiger partial charge in [-0.1, -0.05) is 272 Å². The van der Waals surface area contributed by atoms with E-state index in [2.05, 4.69) is 118 Å². The summed E-state index contributed by atoms with van der Waals surface area (Å²) >= 11 is 0. The molecule has 0 saturated heterocycles. The zero-order chi connectivity index (χ0) is 55.7. The van der Waals surface area contributed by atoms with Crippen molar-refractivity contribution in [3.05, 3.63) is 97.2 Å². The lowest BCUT2D eigenvalue weighted by atomic mass is 10.0. The van der Waals surface area contributed by atoms with E-state index in [1.54, 1.807) is 0 Å². The molecule has 0 heterocycles. The quantitative estimate of drug-likeness (QED) is 0.0261. The van der Waals surface area contributed by atoms with Gasteiger partial charge in [-0.3, -0.25) is 14.4 Å². The Bertz CT molecular complexity index is 1510. The standard InChI is InChI=1S/C71H122O6/c1-4-7-10-13-16-19-22-25-26-27-28-29-30-31-32-33-34-35-36-37-38-39-40-41-42-43-44-45-46-47-50-52-55-58-61-64-70(73)76-67-68(77-71(74)65-62-59-56-53-49-24-21-18-15-12-9-6-3)66-75-69(72)63-60-57-54-51-48-23-20-17-14-11-8-5-2/h7,10,16-21,25-26,28-29,31-32,34-35,68H,4-6,8-9,11-15,22-24,27,30,33,36-67H2,1-3H3/b10-7-,19-16-,20-17-,21-18-,26-25-,29-28-,32-31-,35-34-. The third-order valence-corrected chi connectivity index (χ3v) is 14.0. The van der Waals surface area contributed by atoms with Crippen LogP contribution in [0.25, 0.3) is 0 Å². The van der Waals surface area contributed by atoms with Gasteiger partial charge in [-0.05, 0) is 122 Å². The van der Waals surface area contributed by atoms with Gasteiger partial charge in [-0.2, -0.15) is 0 Å². The Morgan fingerprint density at radius 2 is 0.506 bits per heavy atom. The molecule has 0 rings (SSSR count). The third-order valence-electron chi connectivity index (χ3n) is 14.0. The van der Waals surface area contributed by atoms with Gasteiger partial charge < -0.3 is 14.2 Å². The Labute approximate surface area is 477 Å². The Balaban J connectivity index is 4.08. The van der Waals surface area contributed by atoms with E-state index in [0.717, 1.165) is 116 Å². The number of esters is 3. The molecule has 0 N–H and O–H groups in total. The van der Waals surface area contributed by atoms with E-state index in [1.165, 1.54) is 161 Å². The van der Waals surface area contributed by atoms with Crippen molar-refractivity contribution in [2.45, 2.75) is 322 Å². The van der Waals surface area contributed by atoms with Crippen molar-refractivity contribution in [1.82, 2.24) is 0 Å². The number of carbonyl (C=O) groups is 3. The fourth-order valence-corrected chi connectivity index (χ4v) is 9.14. The summed E-state index contributed by atoms with van der Waals surface area (Å²) in [6, 6.07) is 0. The van der Waals surface area contributed by atoms with E-state index in [-0.39, 0.29) is 31.1 Å². The molecule has 0 fully saturated rings. The van der Waals surface area contributed by atoms with Gasteiger partial charge in [0.15, 0.2) is 6.10 Å². The van der Waals surface area contributed by atoms with Gasteiger partial charge in [-0.25, -0.2) is 0 Å². The Morgan fingerprint density at radius 3 is 0.805 bits per heavy atom. The highest BCUT2D eigenvalue weighted by Gasteiger charge is 2.19. The lowest BCUT2D eigenvalue weighted by molar-refractivity contribution is -0.167. The molecule has 6 nitrogen and oxygen atoms in total. The van der Waals surface area contributed by atoms with Crippen LogP contribution in [0.1, 0.15) is 316 Å². The van der Waals surface area contributed by atoms with Gasteiger partial charge in [0.05, 0.1) is 0 Å². The molecule has 0 aromatic heterocycles. The van der Waals surface area contributed by atoms with Gasteiger partial charge in [-0.15, -0.1) is 0 Å². The van der Waals surface area contributed by atoms with Crippen molar-refractivity contribution in [1.29, 1.82) is 0 Å². The number of rotatable bonds is 59. The van der Waals surface area contributed by atoms with Crippen LogP contribution >= 0.6 is 0 Å². The van der Waals surface area contributed by atoms with Crippen molar-refractivity contribution in [2.24, 2.45) is 0 Å². The summed E-state index contributed by atoms with van der Waals surface area (Å²) in [6.07, 6.45) is 87.2. The summed E-state index contributed by atoms with van der Waals surface area (Å²) in [6.45, 7) is 6.48. The number of hydrogen-bond acceptors (Lipinski definition) is 6. The highest BCUT2D eigenvalue weighted by Crippen LogP contribution is 2.16. The first-order valence-electron chi connectivity index (χ1n) is 32.7. The third kappa shape index (κ3) is 63.0. The summed E-state index contributed by atoms with van der Waals surface area (Å²) in [7, 11) is 0. The van der Waals surface area contributed by atoms with Crippen LogP contribution in [0.3, 0.4) is 0 Å². The first-order valence-corrected chi connectivity index (χ1v) is 32.7. The van der Waals surface area contributed by atoms with E-state index < -0.39 is 6.10 Å². The minimum atomic E-state index is -0.782. The van der Waals surface area contributed by atoms with Gasteiger partial charge in [0.1, 0.15) is 13.2 Å². The maximum atomic E-state index is 12.8. The molecule has 1 unspecified atom stereocenters. The maximum Gasteiger partial charge on any atom is 0.306 e. The highest BCUT2D eigenvalue weighted by atomic mass is 16.6. The molecular weight excluding hydrogens is 949 g/mol. The predicted octanol–water partition coefficient (Wildman–Crippen LogP) is 22.4. The van der Waals surface area contributed by atoms with Crippen molar-refractivity contribution >= 4 is 17.9 Å². The topological polar surface area (TPSA) is 78.9 Å². The van der Waals surface area contributed by atoms with Gasteiger partial charge >= 0.3 is 17.9 Å². The molecular formula is C71H122O6. The predicted molar refractivity (Wildman–Crippen MR) is 334 cm³/mol. The molecule has 0 spiro atoms. The number of unbranched alkanes of at least 4 members (excludes halogenated alkanes) is 32. The normalized spacial score (nSPS) is 12.7. The Kier molecular flexibility index (Phi) is 61.8. The number of hydrogen-bond donors (Lipinski definition) is 0. The zero-order valence-electron chi connectivity index (χ0n) is 50.7. The first kappa shape index (κ1) is 73.3. The number of carbonyl (C=O) groups excluding carboxylic acids is 3. The van der Waals surface area contributed by atoms with E-state index in [9.17, 15) is 14.4 Å². The highest BCUT2D eigenvalue weighted by molar-refractivity contribution is 5.71. The largest absolute Gasteiger partial charge is 0.462 e. The smallest absolute Gasteiger partial charge is 0.306 e. The van der Waals surface area contributed by atoms with Crippen LogP contribution in [-0.4, -0.2) is 37.2 Å². The Morgan fingerprint density at radius 1 is 0.273 bits per heavy atom. The van der Waals surface area contributed by atoms with E-state index in [0.29, 0.717) is 19.3 Å². The van der Waals surface area contributed by atoms with Crippen LogP contribution in [0.5, 0.6) is 0 Å². The van der Waals surface area contributed by atoms with E-state index >= 15 is 0 Å². The summed E-state index contributed by atoms with van der Waals surface area (Å²) in [5.74, 6) is -0.890. The maximum absolute atomic E-state index is 12.8. The van der Waals surface area contributed by atoms with Crippen LogP contribution < -0.4 is 0 Å². The average molecular weight is 1070 g/mol. The molecule has 0 saturated carbocycles. The molecule has 442 valence electrons. The van der Waals surface area contributed by atoms with Crippen molar-refractivity contribution < 1.29 is 28.6 Å². The second kappa shape index (κ2) is 64.9. The summed E-state index contributed by atoms with van der Waals surface area (Å²) < 4.78 is 16.9. The molecule has 0 amide bonds. The molecule has 0 radical (unpaired) electrons. The molecule has 0 aliphatic rings. The molecule has 0 aliphatic carbocycles. The lowest BCUT2D eigenvalue weighted by Crippen LogP contribution is -2.30. The molecule has 6 heteroatoms. The molecule has 0 aromatic rings. The van der Waals surface area contributed by atoms with Crippen LogP contribution in [0, 0.1) is 0 Å². The van der Waals surface area contributed by atoms with Crippen molar-refractivity contribution in [2.75, 3.05) is 13.2 Å². The van der Waals surface area contributed by atoms with Gasteiger partial charge in [0.2, 0.25) is 0 Å². The van der Waals surface area contributed by atoms with E-state index in [4.69, 9.17) is 14.2 Å². The first-order chi connectivity index (χ1) is 38.0. The summed E-state index contributed by atoms with van der Waals surface area (Å²) in [5, 5.41) is 0. The average Bonchev–Trinajstić information content (AvgIpc) is 3.43. The van der Waals surface area contributed by atoms with Crippen LogP contribution in [0.15, 0.2) is 97.2 Å². The van der Waals surface area contributed by atoms with E-state index in [1.807, 2.05) is 0 Å². The van der Waals surface area contributed by atoms with Gasteiger partial charge in [0.25, 0.3) is 0 Å². The van der Waals surface area contributed by atoms with Crippen LogP contribution in [0.4, 0.5) is 0 Å². The zero-order valence-corrected chi connectivity index (χ0v) is 50.7. The monoisotopic (exact) mass is 1070 g/mol. The van der Waals surface area contributed by atoms with Crippen LogP contribution in [-0.2, 0) is 28.6 Å². The number of ether oxygens (including phenoxy) is 3. The fourth-order valence-electron chi connectivity index (χ4n) is 9.14. The lowest BCUT2D eigenvalue weighted by Gasteiger charge is -2.18. The molecule has 1 atom stereocenters. The minimum absolute atomic E-state index is 0.0802. The molecule has 0 bridgehead atoms. The van der Waals surface area contributed by atoms with Crippen LogP contribution in [0.2, 0.25) is 0 Å². The van der Waals surface area contributed by atoms with Gasteiger partial charge in [0, 0.05) is 19.3 Å². The second-order valence-electron chi connectivity index (χ2n) is 21.6. The molecule has 0 aromatic carbocycles. The molecule has 0 aliphatic heterocycles. The minimum Gasteiger partial charge on any atom is -0.462 e. The van der Waals surface area contributed by atoms with Crippen molar-refractivity contribution in [3.8, 4) is 0 Å².